The maximum atomic E-state index is 12.2. The maximum Gasteiger partial charge on any atom is 0.241 e. The quantitative estimate of drug-likeness (QED) is 0.437. The molecule has 6 nitrogen and oxygen atoms in total. The van der Waals surface area contributed by atoms with Gasteiger partial charge in [-0.3, -0.25) is 9.79 Å². The van der Waals surface area contributed by atoms with Crippen molar-refractivity contribution in [3.63, 3.8) is 0 Å². The molecule has 0 aromatic heterocycles. The highest BCUT2D eigenvalue weighted by Crippen LogP contribution is 2.16. The number of likely N-dealkylation sites (tertiary alicyclic amines) is 2. The molecular formula is C18H35N5O. The lowest BCUT2D eigenvalue weighted by Gasteiger charge is -2.33. The molecule has 2 heterocycles. The van der Waals surface area contributed by atoms with Crippen LogP contribution in [0.3, 0.4) is 0 Å². The maximum absolute atomic E-state index is 12.2. The Morgan fingerprint density at radius 2 is 1.83 bits per heavy atom. The molecule has 138 valence electrons. The summed E-state index contributed by atoms with van der Waals surface area (Å²) < 4.78 is 0. The van der Waals surface area contributed by atoms with E-state index in [1.165, 1.54) is 32.2 Å². The van der Waals surface area contributed by atoms with Gasteiger partial charge in [0.05, 0.1) is 6.54 Å². The van der Waals surface area contributed by atoms with Crippen LogP contribution in [-0.4, -0.2) is 74.0 Å². The standard InChI is InChI=1S/C18H35N5O/c1-16-9-4-7-11-22(16)14-8-10-20-18(19-2)21-15-17(24)23-12-5-3-6-13-23/h16H,3-15H2,1-2H3,(H2,19,20,21). The molecule has 6 heteroatoms. The number of amides is 1. The van der Waals surface area contributed by atoms with Crippen molar-refractivity contribution in [1.29, 1.82) is 0 Å². The number of hydrogen-bond acceptors (Lipinski definition) is 3. The zero-order valence-corrected chi connectivity index (χ0v) is 15.5. The van der Waals surface area contributed by atoms with Crippen molar-refractivity contribution in [3.05, 3.63) is 0 Å². The summed E-state index contributed by atoms with van der Waals surface area (Å²) in [6.45, 7) is 7.74. The third kappa shape index (κ3) is 6.30. The Bertz CT molecular complexity index is 406. The van der Waals surface area contributed by atoms with Gasteiger partial charge < -0.3 is 20.4 Å². The fourth-order valence-electron chi connectivity index (χ4n) is 3.61. The van der Waals surface area contributed by atoms with Gasteiger partial charge in [0.25, 0.3) is 0 Å². The molecule has 0 radical (unpaired) electrons. The van der Waals surface area contributed by atoms with E-state index in [9.17, 15) is 4.79 Å². The van der Waals surface area contributed by atoms with Crippen LogP contribution in [0.15, 0.2) is 4.99 Å². The van der Waals surface area contributed by atoms with Gasteiger partial charge in [-0.05, 0) is 52.0 Å². The third-order valence-electron chi connectivity index (χ3n) is 5.19. The van der Waals surface area contributed by atoms with Gasteiger partial charge in [0.1, 0.15) is 0 Å². The van der Waals surface area contributed by atoms with Crippen LogP contribution in [0.4, 0.5) is 0 Å². The molecule has 1 atom stereocenters. The Morgan fingerprint density at radius 1 is 1.08 bits per heavy atom. The highest BCUT2D eigenvalue weighted by atomic mass is 16.2. The van der Waals surface area contributed by atoms with E-state index in [1.807, 2.05) is 4.90 Å². The van der Waals surface area contributed by atoms with Crippen molar-refractivity contribution < 1.29 is 4.79 Å². The lowest BCUT2D eigenvalue weighted by atomic mass is 10.0. The molecule has 0 aliphatic carbocycles. The van der Waals surface area contributed by atoms with E-state index >= 15 is 0 Å². The predicted molar refractivity (Wildman–Crippen MR) is 99.3 cm³/mol. The van der Waals surface area contributed by atoms with Crippen LogP contribution in [-0.2, 0) is 4.79 Å². The first kappa shape index (κ1) is 19.0. The van der Waals surface area contributed by atoms with E-state index in [0.717, 1.165) is 57.4 Å². The molecule has 2 fully saturated rings. The number of carbonyl (C=O) groups is 1. The Morgan fingerprint density at radius 3 is 2.54 bits per heavy atom. The molecule has 2 saturated heterocycles. The molecule has 24 heavy (non-hydrogen) atoms. The highest BCUT2D eigenvalue weighted by molar-refractivity contribution is 5.86. The molecule has 0 bridgehead atoms. The summed E-state index contributed by atoms with van der Waals surface area (Å²) in [5, 5.41) is 6.47. The van der Waals surface area contributed by atoms with Gasteiger partial charge >= 0.3 is 0 Å². The van der Waals surface area contributed by atoms with Gasteiger partial charge in [-0.2, -0.15) is 0 Å². The van der Waals surface area contributed by atoms with E-state index in [0.29, 0.717) is 6.54 Å². The minimum Gasteiger partial charge on any atom is -0.356 e. The van der Waals surface area contributed by atoms with Gasteiger partial charge in [0.15, 0.2) is 5.96 Å². The smallest absolute Gasteiger partial charge is 0.241 e. The fourth-order valence-corrected chi connectivity index (χ4v) is 3.61. The molecule has 0 aromatic rings. The molecule has 1 unspecified atom stereocenters. The topological polar surface area (TPSA) is 60.0 Å². The number of carbonyl (C=O) groups excluding carboxylic acids is 1. The van der Waals surface area contributed by atoms with Crippen LogP contribution < -0.4 is 10.6 Å². The number of guanidine groups is 1. The number of hydrogen-bond donors (Lipinski definition) is 2. The lowest BCUT2D eigenvalue weighted by Crippen LogP contribution is -2.46. The summed E-state index contributed by atoms with van der Waals surface area (Å²) in [5.74, 6) is 0.909. The molecule has 1 amide bonds. The van der Waals surface area contributed by atoms with Gasteiger partial charge in [0, 0.05) is 39.3 Å². The van der Waals surface area contributed by atoms with Crippen molar-refractivity contribution >= 4 is 11.9 Å². The Balaban J connectivity index is 1.59. The van der Waals surface area contributed by atoms with Gasteiger partial charge in [-0.1, -0.05) is 6.42 Å². The first-order valence-electron chi connectivity index (χ1n) is 9.67. The molecule has 0 saturated carbocycles. The summed E-state index contributed by atoms with van der Waals surface area (Å²) in [4.78, 5) is 20.9. The van der Waals surface area contributed by atoms with E-state index in [1.54, 1.807) is 7.05 Å². The first-order valence-corrected chi connectivity index (χ1v) is 9.67. The summed E-state index contributed by atoms with van der Waals surface area (Å²) in [6.07, 6.45) is 8.65. The molecular weight excluding hydrogens is 302 g/mol. The lowest BCUT2D eigenvalue weighted by molar-refractivity contribution is -0.130. The second-order valence-electron chi connectivity index (χ2n) is 7.03. The summed E-state index contributed by atoms with van der Waals surface area (Å²) >= 11 is 0. The summed E-state index contributed by atoms with van der Waals surface area (Å²) in [6, 6.07) is 0.721. The number of nitrogens with zero attached hydrogens (tertiary/aromatic N) is 3. The van der Waals surface area contributed by atoms with E-state index < -0.39 is 0 Å². The molecule has 2 rings (SSSR count). The van der Waals surface area contributed by atoms with Crippen molar-refractivity contribution in [2.75, 3.05) is 46.3 Å². The van der Waals surface area contributed by atoms with Crippen LogP contribution in [0.25, 0.3) is 0 Å². The zero-order chi connectivity index (χ0) is 17.2. The summed E-state index contributed by atoms with van der Waals surface area (Å²) in [7, 11) is 1.76. The Kier molecular flexibility index (Phi) is 8.36. The van der Waals surface area contributed by atoms with Crippen molar-refractivity contribution in [2.24, 2.45) is 4.99 Å². The molecule has 2 aliphatic rings. The Hall–Kier alpha value is -1.30. The number of aliphatic imine (C=N–C) groups is 1. The second-order valence-corrected chi connectivity index (χ2v) is 7.03. The molecule has 0 aromatic carbocycles. The van der Waals surface area contributed by atoms with Crippen LogP contribution in [0.5, 0.6) is 0 Å². The minimum absolute atomic E-state index is 0.180. The molecule has 2 aliphatic heterocycles. The monoisotopic (exact) mass is 337 g/mol. The highest BCUT2D eigenvalue weighted by Gasteiger charge is 2.18. The molecule has 2 N–H and O–H groups in total. The first-order chi connectivity index (χ1) is 11.7. The van der Waals surface area contributed by atoms with Crippen LogP contribution in [0, 0.1) is 0 Å². The van der Waals surface area contributed by atoms with Crippen LogP contribution in [0.2, 0.25) is 0 Å². The number of nitrogens with one attached hydrogen (secondary N) is 2. The SMILES string of the molecule is CN=C(NCCCN1CCCCC1C)NCC(=O)N1CCCCC1. The number of piperidine rings is 2. The number of rotatable bonds is 6. The minimum atomic E-state index is 0.180. The molecule has 0 spiro atoms. The average molecular weight is 338 g/mol. The van der Waals surface area contributed by atoms with Crippen molar-refractivity contribution in [2.45, 2.75) is 57.9 Å². The van der Waals surface area contributed by atoms with E-state index in [4.69, 9.17) is 0 Å². The van der Waals surface area contributed by atoms with Gasteiger partial charge in [-0.15, -0.1) is 0 Å². The Labute approximate surface area is 147 Å². The van der Waals surface area contributed by atoms with E-state index in [2.05, 4.69) is 27.4 Å². The fraction of sp³-hybridized carbons (Fsp3) is 0.889. The van der Waals surface area contributed by atoms with Crippen molar-refractivity contribution in [3.8, 4) is 0 Å². The van der Waals surface area contributed by atoms with Crippen LogP contribution in [0.1, 0.15) is 51.9 Å². The van der Waals surface area contributed by atoms with Gasteiger partial charge in [0.2, 0.25) is 5.91 Å². The average Bonchev–Trinajstić information content (AvgIpc) is 2.63. The van der Waals surface area contributed by atoms with E-state index in [-0.39, 0.29) is 5.91 Å². The van der Waals surface area contributed by atoms with Crippen molar-refractivity contribution in [1.82, 2.24) is 20.4 Å². The second kappa shape index (κ2) is 10.5. The van der Waals surface area contributed by atoms with Crippen LogP contribution >= 0.6 is 0 Å². The zero-order valence-electron chi connectivity index (χ0n) is 15.5. The largest absolute Gasteiger partial charge is 0.356 e. The van der Waals surface area contributed by atoms with Gasteiger partial charge in [-0.25, -0.2) is 0 Å². The summed E-state index contributed by atoms with van der Waals surface area (Å²) in [5.41, 5.74) is 0. The predicted octanol–water partition coefficient (Wildman–Crippen LogP) is 1.43. The third-order valence-corrected chi connectivity index (χ3v) is 5.19. The normalized spacial score (nSPS) is 23.2.